The number of ether oxygens (including phenoxy) is 1. The van der Waals surface area contributed by atoms with Gasteiger partial charge >= 0.3 is 0 Å². The van der Waals surface area contributed by atoms with Crippen LogP contribution in [0.15, 0.2) is 29.3 Å². The van der Waals surface area contributed by atoms with Gasteiger partial charge in [-0.15, -0.1) is 0 Å². The molecule has 18 heavy (non-hydrogen) atoms. The largest absolute Gasteiger partial charge is 0.497 e. The number of hydrogen-bond acceptors (Lipinski definition) is 2. The fourth-order valence-electron chi connectivity index (χ4n) is 1.48. The Morgan fingerprint density at radius 2 is 1.94 bits per heavy atom. The molecule has 0 amide bonds. The molecule has 0 saturated heterocycles. The summed E-state index contributed by atoms with van der Waals surface area (Å²) in [5.41, 5.74) is 7.10. The Bertz CT molecular complexity index is 385. The third-order valence-electron chi connectivity index (χ3n) is 2.59. The lowest BCUT2D eigenvalue weighted by atomic mass is 10.2. The first kappa shape index (κ1) is 14.4. The second-order valence-corrected chi connectivity index (χ2v) is 4.80. The van der Waals surface area contributed by atoms with Crippen LogP contribution in [0.2, 0.25) is 0 Å². The zero-order valence-corrected chi connectivity index (χ0v) is 11.7. The summed E-state index contributed by atoms with van der Waals surface area (Å²) in [7, 11) is 3.61. The van der Waals surface area contributed by atoms with E-state index < -0.39 is 0 Å². The average molecular weight is 249 g/mol. The topological polar surface area (TPSA) is 50.9 Å². The summed E-state index contributed by atoms with van der Waals surface area (Å²) in [5.74, 6) is 1.97. The first-order valence-corrected chi connectivity index (χ1v) is 6.17. The van der Waals surface area contributed by atoms with Crippen LogP contribution in [0.4, 0.5) is 0 Å². The molecule has 0 radical (unpaired) electrons. The Balaban J connectivity index is 2.57. The molecule has 1 aromatic rings. The fraction of sp³-hybridized carbons (Fsp3) is 0.500. The second kappa shape index (κ2) is 6.89. The van der Waals surface area contributed by atoms with E-state index in [1.54, 1.807) is 7.11 Å². The summed E-state index contributed by atoms with van der Waals surface area (Å²) < 4.78 is 5.12. The second-order valence-electron chi connectivity index (χ2n) is 4.80. The highest BCUT2D eigenvalue weighted by molar-refractivity contribution is 5.77. The van der Waals surface area contributed by atoms with Gasteiger partial charge in [-0.25, -0.2) is 0 Å². The van der Waals surface area contributed by atoms with Crippen LogP contribution in [0.1, 0.15) is 19.4 Å². The van der Waals surface area contributed by atoms with E-state index in [1.165, 1.54) is 5.56 Å². The molecule has 1 rings (SSSR count). The molecule has 0 aliphatic carbocycles. The monoisotopic (exact) mass is 249 g/mol. The predicted molar refractivity (Wildman–Crippen MR) is 75.8 cm³/mol. The van der Waals surface area contributed by atoms with E-state index in [-0.39, 0.29) is 0 Å². The van der Waals surface area contributed by atoms with Gasteiger partial charge in [0.1, 0.15) is 5.75 Å². The van der Waals surface area contributed by atoms with Crippen molar-refractivity contribution in [2.45, 2.75) is 20.4 Å². The molecule has 4 heteroatoms. The number of nitrogens with zero attached hydrogens (tertiary/aromatic N) is 2. The Morgan fingerprint density at radius 1 is 1.33 bits per heavy atom. The van der Waals surface area contributed by atoms with Gasteiger partial charge in [-0.05, 0) is 23.6 Å². The van der Waals surface area contributed by atoms with Crippen LogP contribution in [0, 0.1) is 5.92 Å². The molecule has 0 aliphatic heterocycles. The summed E-state index contributed by atoms with van der Waals surface area (Å²) in [5, 5.41) is 0. The SMILES string of the molecule is COc1ccc(CN(C)C(N)=NCC(C)C)cc1. The van der Waals surface area contributed by atoms with Crippen molar-refractivity contribution in [1.29, 1.82) is 0 Å². The Morgan fingerprint density at radius 3 is 2.44 bits per heavy atom. The van der Waals surface area contributed by atoms with E-state index in [2.05, 4.69) is 18.8 Å². The molecule has 100 valence electrons. The van der Waals surface area contributed by atoms with Crippen LogP contribution < -0.4 is 10.5 Å². The van der Waals surface area contributed by atoms with Crippen LogP contribution in [0.3, 0.4) is 0 Å². The molecular formula is C14H23N3O. The summed E-state index contributed by atoms with van der Waals surface area (Å²) in [6.45, 7) is 5.76. The Labute approximate surface area is 109 Å². The summed E-state index contributed by atoms with van der Waals surface area (Å²) in [6, 6.07) is 7.96. The molecule has 0 unspecified atom stereocenters. The lowest BCUT2D eigenvalue weighted by Crippen LogP contribution is -2.33. The van der Waals surface area contributed by atoms with Gasteiger partial charge in [0, 0.05) is 20.1 Å². The first-order chi connectivity index (χ1) is 8.52. The molecule has 0 bridgehead atoms. The van der Waals surface area contributed by atoms with E-state index in [0.29, 0.717) is 11.9 Å². The smallest absolute Gasteiger partial charge is 0.191 e. The van der Waals surface area contributed by atoms with Crippen molar-refractivity contribution >= 4 is 5.96 Å². The molecule has 0 spiro atoms. The predicted octanol–water partition coefficient (Wildman–Crippen LogP) is 2.10. The highest BCUT2D eigenvalue weighted by Gasteiger charge is 2.03. The number of rotatable bonds is 5. The van der Waals surface area contributed by atoms with Crippen LogP contribution in [-0.2, 0) is 6.54 Å². The van der Waals surface area contributed by atoms with Gasteiger partial charge in [-0.1, -0.05) is 26.0 Å². The van der Waals surface area contributed by atoms with Gasteiger partial charge in [0.25, 0.3) is 0 Å². The highest BCUT2D eigenvalue weighted by Crippen LogP contribution is 2.12. The third kappa shape index (κ3) is 4.65. The van der Waals surface area contributed by atoms with Crippen molar-refractivity contribution in [3.63, 3.8) is 0 Å². The molecule has 2 N–H and O–H groups in total. The Hall–Kier alpha value is -1.71. The summed E-state index contributed by atoms with van der Waals surface area (Å²) >= 11 is 0. The summed E-state index contributed by atoms with van der Waals surface area (Å²) in [4.78, 5) is 6.30. The molecule has 0 aliphatic rings. The highest BCUT2D eigenvalue weighted by atomic mass is 16.5. The van der Waals surface area contributed by atoms with E-state index in [4.69, 9.17) is 10.5 Å². The fourth-order valence-corrected chi connectivity index (χ4v) is 1.48. The van der Waals surface area contributed by atoms with Gasteiger partial charge in [-0.3, -0.25) is 4.99 Å². The maximum Gasteiger partial charge on any atom is 0.191 e. The maximum absolute atomic E-state index is 5.92. The molecule has 0 heterocycles. The van der Waals surface area contributed by atoms with Crippen molar-refractivity contribution < 1.29 is 4.74 Å². The molecule has 4 nitrogen and oxygen atoms in total. The van der Waals surface area contributed by atoms with Gasteiger partial charge < -0.3 is 15.4 Å². The quantitative estimate of drug-likeness (QED) is 0.642. The maximum atomic E-state index is 5.92. The average Bonchev–Trinajstić information content (AvgIpc) is 2.36. The van der Waals surface area contributed by atoms with Crippen molar-refractivity contribution in [3.05, 3.63) is 29.8 Å². The molecule has 1 aromatic carbocycles. The van der Waals surface area contributed by atoms with Crippen molar-refractivity contribution in [2.24, 2.45) is 16.6 Å². The van der Waals surface area contributed by atoms with Crippen molar-refractivity contribution in [3.8, 4) is 5.75 Å². The zero-order chi connectivity index (χ0) is 13.5. The molecule has 0 fully saturated rings. The molecule has 0 atom stereocenters. The molecule has 0 aromatic heterocycles. The number of benzene rings is 1. The standard InChI is InChI=1S/C14H23N3O/c1-11(2)9-16-14(15)17(3)10-12-5-7-13(18-4)8-6-12/h5-8,11H,9-10H2,1-4H3,(H2,15,16). The van der Waals surface area contributed by atoms with Gasteiger partial charge in [-0.2, -0.15) is 0 Å². The lowest BCUT2D eigenvalue weighted by molar-refractivity contribution is 0.414. The van der Waals surface area contributed by atoms with E-state index in [1.807, 2.05) is 36.2 Å². The minimum absolute atomic E-state index is 0.526. The van der Waals surface area contributed by atoms with Crippen molar-refractivity contribution in [1.82, 2.24) is 4.90 Å². The van der Waals surface area contributed by atoms with Crippen LogP contribution >= 0.6 is 0 Å². The minimum atomic E-state index is 0.526. The number of guanidine groups is 1. The van der Waals surface area contributed by atoms with Crippen LogP contribution in [0.25, 0.3) is 0 Å². The van der Waals surface area contributed by atoms with Gasteiger partial charge in [0.05, 0.1) is 7.11 Å². The minimum Gasteiger partial charge on any atom is -0.497 e. The molecular weight excluding hydrogens is 226 g/mol. The third-order valence-corrected chi connectivity index (χ3v) is 2.59. The number of methoxy groups -OCH3 is 1. The van der Waals surface area contributed by atoms with Crippen LogP contribution in [0.5, 0.6) is 5.75 Å². The molecule has 0 saturated carbocycles. The van der Waals surface area contributed by atoms with Gasteiger partial charge in [0.2, 0.25) is 0 Å². The first-order valence-electron chi connectivity index (χ1n) is 6.17. The van der Waals surface area contributed by atoms with E-state index in [0.717, 1.165) is 18.8 Å². The number of nitrogens with two attached hydrogens (primary N) is 1. The van der Waals surface area contributed by atoms with Gasteiger partial charge in [0.15, 0.2) is 5.96 Å². The van der Waals surface area contributed by atoms with Crippen LogP contribution in [-0.4, -0.2) is 31.6 Å². The Kier molecular flexibility index (Phi) is 5.49. The lowest BCUT2D eigenvalue weighted by Gasteiger charge is -2.18. The summed E-state index contributed by atoms with van der Waals surface area (Å²) in [6.07, 6.45) is 0. The number of aliphatic imine (C=N–C) groups is 1. The zero-order valence-electron chi connectivity index (χ0n) is 11.7. The van der Waals surface area contributed by atoms with E-state index in [9.17, 15) is 0 Å². The number of hydrogen-bond donors (Lipinski definition) is 1. The van der Waals surface area contributed by atoms with Crippen molar-refractivity contribution in [2.75, 3.05) is 20.7 Å². The van der Waals surface area contributed by atoms with E-state index >= 15 is 0 Å². The normalized spacial score (nSPS) is 11.7.